The Morgan fingerprint density at radius 3 is 2.89 bits per heavy atom. The van der Waals surface area contributed by atoms with Gasteiger partial charge in [0.2, 0.25) is 10.0 Å². The summed E-state index contributed by atoms with van der Waals surface area (Å²) < 4.78 is 22.8. The van der Waals surface area contributed by atoms with Gasteiger partial charge in [-0.3, -0.25) is 14.5 Å². The van der Waals surface area contributed by atoms with E-state index in [1.54, 1.807) is 5.57 Å². The number of benzene rings is 1. The Hall–Kier alpha value is -1.74. The van der Waals surface area contributed by atoms with Crippen molar-refractivity contribution in [1.29, 1.82) is 0 Å². The molecule has 2 aliphatic rings. The number of carbonyl (C=O) groups excluding carboxylic acids is 1. The molecule has 1 aliphatic carbocycles. The number of nitrogens with one attached hydrogen (secondary N) is 1. The molecule has 1 aromatic rings. The molecular weight excluding hydrogens is 378 g/mol. The highest BCUT2D eigenvalue weighted by Gasteiger charge is 2.25. The molecular formula is C20H29N3O4S. The standard InChI is InChI=1S/C20H29N3O4S/c21-28(25,26)19-10-4-8-17(14-19)20(24)22-27-13-11-18-9-5-12-23(18)15-16-6-2-1-3-7-16/h4,6,8,10,14,18H,1-3,5,7,9,11-13,15H2,(H,22,24)(H2,21,25,26). The smallest absolute Gasteiger partial charge is 0.274 e. The van der Waals surface area contributed by atoms with Crippen molar-refractivity contribution in [3.63, 3.8) is 0 Å². The van der Waals surface area contributed by atoms with Crippen molar-refractivity contribution in [2.45, 2.75) is 55.9 Å². The molecule has 3 rings (SSSR count). The van der Waals surface area contributed by atoms with Gasteiger partial charge >= 0.3 is 0 Å². The van der Waals surface area contributed by atoms with E-state index in [0.29, 0.717) is 12.6 Å². The molecule has 0 bridgehead atoms. The summed E-state index contributed by atoms with van der Waals surface area (Å²) in [5.74, 6) is -0.485. The average Bonchev–Trinajstić information content (AvgIpc) is 3.12. The number of rotatable bonds is 8. The number of hydrogen-bond donors (Lipinski definition) is 2. The van der Waals surface area contributed by atoms with Crippen LogP contribution >= 0.6 is 0 Å². The lowest BCUT2D eigenvalue weighted by Crippen LogP contribution is -2.33. The number of hydrogen-bond acceptors (Lipinski definition) is 5. The number of amides is 1. The van der Waals surface area contributed by atoms with Crippen LogP contribution in [0.4, 0.5) is 0 Å². The molecule has 1 saturated heterocycles. The lowest BCUT2D eigenvalue weighted by molar-refractivity contribution is 0.0244. The van der Waals surface area contributed by atoms with Gasteiger partial charge in [-0.15, -0.1) is 0 Å². The summed E-state index contributed by atoms with van der Waals surface area (Å²) in [5, 5.41) is 5.10. The van der Waals surface area contributed by atoms with Gasteiger partial charge in [-0.25, -0.2) is 19.0 Å². The normalized spacial score (nSPS) is 20.8. The number of allylic oxidation sites excluding steroid dienone is 1. The lowest BCUT2D eigenvalue weighted by Gasteiger charge is -2.26. The molecule has 1 aromatic carbocycles. The van der Waals surface area contributed by atoms with Crippen LogP contribution in [0.1, 0.15) is 55.3 Å². The number of likely N-dealkylation sites (tertiary alicyclic amines) is 1. The third-order valence-electron chi connectivity index (χ3n) is 5.43. The van der Waals surface area contributed by atoms with Crippen LogP contribution in [0, 0.1) is 0 Å². The van der Waals surface area contributed by atoms with Gasteiger partial charge < -0.3 is 0 Å². The van der Waals surface area contributed by atoms with Crippen LogP contribution in [0.5, 0.6) is 0 Å². The second-order valence-electron chi connectivity index (χ2n) is 7.52. The van der Waals surface area contributed by atoms with E-state index in [2.05, 4.69) is 16.5 Å². The number of nitrogens with two attached hydrogens (primary N) is 1. The van der Waals surface area contributed by atoms with Crippen molar-refractivity contribution in [2.24, 2.45) is 5.14 Å². The van der Waals surface area contributed by atoms with E-state index in [-0.39, 0.29) is 10.5 Å². The van der Waals surface area contributed by atoms with Crippen molar-refractivity contribution >= 4 is 15.9 Å². The van der Waals surface area contributed by atoms with E-state index in [4.69, 9.17) is 9.98 Å². The van der Waals surface area contributed by atoms with Crippen LogP contribution in [0.3, 0.4) is 0 Å². The van der Waals surface area contributed by atoms with Crippen LogP contribution in [-0.4, -0.2) is 45.0 Å². The van der Waals surface area contributed by atoms with Gasteiger partial charge in [-0.05, 0) is 69.7 Å². The van der Waals surface area contributed by atoms with Gasteiger partial charge in [0.05, 0.1) is 11.5 Å². The SMILES string of the molecule is NS(=O)(=O)c1cccc(C(=O)NOCCC2CCCN2CC2=CCCCC2)c1. The zero-order valence-corrected chi connectivity index (χ0v) is 16.9. The second kappa shape index (κ2) is 9.65. The molecule has 0 aromatic heterocycles. The first kappa shape index (κ1) is 21.0. The van der Waals surface area contributed by atoms with Crippen molar-refractivity contribution in [1.82, 2.24) is 10.4 Å². The Kier molecular flexibility index (Phi) is 7.23. The highest BCUT2D eigenvalue weighted by Crippen LogP contribution is 2.25. The number of carbonyl (C=O) groups is 1. The fourth-order valence-corrected chi connectivity index (χ4v) is 4.48. The topological polar surface area (TPSA) is 102 Å². The molecule has 8 heteroatoms. The Morgan fingerprint density at radius 1 is 1.29 bits per heavy atom. The van der Waals surface area contributed by atoms with Crippen LogP contribution in [0.2, 0.25) is 0 Å². The van der Waals surface area contributed by atoms with Crippen LogP contribution < -0.4 is 10.6 Å². The molecule has 1 aliphatic heterocycles. The Balaban J connectivity index is 1.43. The lowest BCUT2D eigenvalue weighted by atomic mass is 9.99. The van der Waals surface area contributed by atoms with Gasteiger partial charge in [0.15, 0.2) is 0 Å². The summed E-state index contributed by atoms with van der Waals surface area (Å²) in [5.41, 5.74) is 4.14. The predicted molar refractivity (Wildman–Crippen MR) is 107 cm³/mol. The first-order valence-corrected chi connectivity index (χ1v) is 11.4. The van der Waals surface area contributed by atoms with E-state index >= 15 is 0 Å². The fraction of sp³-hybridized carbons (Fsp3) is 0.550. The Bertz CT molecular complexity index is 822. The Morgan fingerprint density at radius 2 is 2.14 bits per heavy atom. The van der Waals surface area contributed by atoms with E-state index in [1.807, 2.05) is 0 Å². The summed E-state index contributed by atoms with van der Waals surface area (Å²) in [7, 11) is -3.84. The zero-order chi connectivity index (χ0) is 20.0. The van der Waals surface area contributed by atoms with E-state index < -0.39 is 15.9 Å². The molecule has 0 saturated carbocycles. The maximum atomic E-state index is 12.2. The molecule has 0 spiro atoms. The van der Waals surface area contributed by atoms with Gasteiger partial charge in [0.25, 0.3) is 5.91 Å². The van der Waals surface area contributed by atoms with Crippen LogP contribution in [-0.2, 0) is 14.9 Å². The molecule has 1 atom stereocenters. The van der Waals surface area contributed by atoms with Crippen LogP contribution in [0.15, 0.2) is 40.8 Å². The first-order chi connectivity index (χ1) is 13.4. The minimum atomic E-state index is -3.84. The quantitative estimate of drug-likeness (QED) is 0.391. The summed E-state index contributed by atoms with van der Waals surface area (Å²) >= 11 is 0. The van der Waals surface area contributed by atoms with E-state index in [1.165, 1.54) is 56.4 Å². The van der Waals surface area contributed by atoms with E-state index in [0.717, 1.165) is 25.9 Å². The van der Waals surface area contributed by atoms with Crippen molar-refractivity contribution in [2.75, 3.05) is 19.7 Å². The minimum Gasteiger partial charge on any atom is -0.296 e. The fourth-order valence-electron chi connectivity index (χ4n) is 3.92. The number of nitrogens with zero attached hydrogens (tertiary/aromatic N) is 1. The number of sulfonamides is 1. The average molecular weight is 408 g/mol. The first-order valence-electron chi connectivity index (χ1n) is 9.90. The van der Waals surface area contributed by atoms with Gasteiger partial charge in [0.1, 0.15) is 0 Å². The minimum absolute atomic E-state index is 0.0984. The number of hydroxylamine groups is 1. The van der Waals surface area contributed by atoms with Crippen LogP contribution in [0.25, 0.3) is 0 Å². The molecule has 7 nitrogen and oxygen atoms in total. The summed E-state index contributed by atoms with van der Waals surface area (Å²) in [4.78, 5) is 19.9. The second-order valence-corrected chi connectivity index (χ2v) is 9.08. The van der Waals surface area contributed by atoms with Gasteiger partial charge in [0, 0.05) is 18.2 Å². The molecule has 28 heavy (non-hydrogen) atoms. The van der Waals surface area contributed by atoms with Crippen molar-refractivity contribution < 1.29 is 18.0 Å². The summed E-state index contributed by atoms with van der Waals surface area (Å²) in [6.07, 6.45) is 10.6. The molecule has 1 unspecified atom stereocenters. The van der Waals surface area contributed by atoms with E-state index in [9.17, 15) is 13.2 Å². The zero-order valence-electron chi connectivity index (χ0n) is 16.1. The van der Waals surface area contributed by atoms with Crippen molar-refractivity contribution in [3.05, 3.63) is 41.5 Å². The van der Waals surface area contributed by atoms with Crippen molar-refractivity contribution in [3.8, 4) is 0 Å². The summed E-state index contributed by atoms with van der Waals surface area (Å²) in [6, 6.07) is 6.06. The highest BCUT2D eigenvalue weighted by atomic mass is 32.2. The van der Waals surface area contributed by atoms with Gasteiger partial charge in [-0.1, -0.05) is 17.7 Å². The highest BCUT2D eigenvalue weighted by molar-refractivity contribution is 7.89. The summed E-state index contributed by atoms with van der Waals surface area (Å²) in [6.45, 7) is 2.59. The molecule has 154 valence electrons. The maximum Gasteiger partial charge on any atom is 0.274 e. The molecule has 0 radical (unpaired) electrons. The molecule has 1 fully saturated rings. The largest absolute Gasteiger partial charge is 0.296 e. The third kappa shape index (κ3) is 5.88. The Labute approximate surface area is 166 Å². The monoisotopic (exact) mass is 407 g/mol. The third-order valence-corrected chi connectivity index (χ3v) is 6.34. The van der Waals surface area contributed by atoms with Gasteiger partial charge in [-0.2, -0.15) is 0 Å². The molecule has 1 heterocycles. The number of primary sulfonamides is 1. The maximum absolute atomic E-state index is 12.2. The molecule has 1 amide bonds. The predicted octanol–water partition coefficient (Wildman–Crippen LogP) is 2.35. The molecule has 3 N–H and O–H groups in total.